The number of carbonyl (C=O) groups excluding carboxylic acids is 1. The molecule has 2 aromatic rings. The molecule has 0 spiro atoms. The van der Waals surface area contributed by atoms with Crippen molar-refractivity contribution in [3.8, 4) is 0 Å². The number of nitrogens with zero attached hydrogens (tertiary/aromatic N) is 4. The van der Waals surface area contributed by atoms with Gasteiger partial charge in [0.05, 0.1) is 10.8 Å². The minimum Gasteiger partial charge on any atom is -0.339 e. The van der Waals surface area contributed by atoms with E-state index in [4.69, 9.17) is 4.52 Å². The normalized spacial score (nSPS) is 23.5. The fraction of sp³-hybridized carbons (Fsp3) is 0.571. The summed E-state index contributed by atoms with van der Waals surface area (Å²) in [5.74, 6) is 0.975. The molecule has 2 atom stereocenters. The Hall–Kier alpha value is -2.26. The molecule has 2 aliphatic heterocycles. The van der Waals surface area contributed by atoms with Crippen LogP contribution < -0.4 is 0 Å². The van der Waals surface area contributed by atoms with Gasteiger partial charge in [0.15, 0.2) is 5.82 Å². The molecule has 0 N–H and O–H groups in total. The largest absolute Gasteiger partial charge is 0.339 e. The van der Waals surface area contributed by atoms with Crippen molar-refractivity contribution in [1.29, 1.82) is 0 Å². The van der Waals surface area contributed by atoms with Crippen molar-refractivity contribution in [2.45, 2.75) is 62.8 Å². The summed E-state index contributed by atoms with van der Waals surface area (Å²) in [6, 6.07) is 6.40. The summed E-state index contributed by atoms with van der Waals surface area (Å²) in [6.07, 6.45) is 4.49. The minimum absolute atomic E-state index is 0.00464. The van der Waals surface area contributed by atoms with E-state index in [1.165, 1.54) is 6.07 Å². The average Bonchev–Trinajstić information content (AvgIpc) is 3.20. The highest BCUT2D eigenvalue weighted by molar-refractivity contribution is 7.89. The second-order valence-corrected chi connectivity index (χ2v) is 10.1. The fourth-order valence-electron chi connectivity index (χ4n) is 4.38. The molecule has 0 bridgehead atoms. The number of hydrogen-bond acceptors (Lipinski definition) is 6. The monoisotopic (exact) mass is 432 g/mol. The summed E-state index contributed by atoms with van der Waals surface area (Å²) in [7, 11) is -3.62. The molecule has 1 aromatic carbocycles. The number of sulfonamides is 1. The molecule has 2 aliphatic rings. The molecular weight excluding hydrogens is 404 g/mol. The Morgan fingerprint density at radius 3 is 2.73 bits per heavy atom. The molecule has 0 radical (unpaired) electrons. The maximum Gasteiger partial charge on any atom is 0.253 e. The molecule has 162 valence electrons. The highest BCUT2D eigenvalue weighted by atomic mass is 32.2. The van der Waals surface area contributed by atoms with Gasteiger partial charge in [-0.05, 0) is 57.7 Å². The van der Waals surface area contributed by atoms with Crippen LogP contribution in [0.5, 0.6) is 0 Å². The van der Waals surface area contributed by atoms with E-state index in [-0.39, 0.29) is 22.8 Å². The maximum absolute atomic E-state index is 13.2. The molecule has 4 rings (SSSR count). The van der Waals surface area contributed by atoms with Gasteiger partial charge in [0.1, 0.15) is 0 Å². The first kappa shape index (κ1) is 21.0. The number of benzene rings is 1. The van der Waals surface area contributed by atoms with E-state index >= 15 is 0 Å². The lowest BCUT2D eigenvalue weighted by atomic mass is 9.97. The SMILES string of the molecule is Cc1noc(C2CCCN(C(=O)c3cccc(S(=O)(=O)N4CCCCC4C)c3)C2)n1. The molecule has 1 aromatic heterocycles. The van der Waals surface area contributed by atoms with Crippen LogP contribution in [0.1, 0.15) is 67.0 Å². The number of hydrogen-bond donors (Lipinski definition) is 0. The molecule has 3 heterocycles. The summed E-state index contributed by atoms with van der Waals surface area (Å²) in [6.45, 7) is 5.36. The van der Waals surface area contributed by atoms with Crippen LogP contribution >= 0.6 is 0 Å². The first-order valence-corrected chi connectivity index (χ1v) is 12.0. The Morgan fingerprint density at radius 1 is 1.17 bits per heavy atom. The highest BCUT2D eigenvalue weighted by Crippen LogP contribution is 2.28. The summed E-state index contributed by atoms with van der Waals surface area (Å²) in [4.78, 5) is 19.4. The van der Waals surface area contributed by atoms with Crippen molar-refractivity contribution < 1.29 is 17.7 Å². The number of likely N-dealkylation sites (tertiary alicyclic amines) is 1. The van der Waals surface area contributed by atoms with Gasteiger partial charge >= 0.3 is 0 Å². The first-order valence-electron chi connectivity index (χ1n) is 10.6. The molecule has 9 heteroatoms. The van der Waals surface area contributed by atoms with Gasteiger partial charge in [-0.15, -0.1) is 0 Å². The van der Waals surface area contributed by atoms with Gasteiger partial charge in [0.25, 0.3) is 5.91 Å². The molecule has 2 saturated heterocycles. The summed E-state index contributed by atoms with van der Waals surface area (Å²) in [5.41, 5.74) is 0.392. The van der Waals surface area contributed by atoms with Gasteiger partial charge in [-0.25, -0.2) is 8.42 Å². The van der Waals surface area contributed by atoms with E-state index in [1.807, 2.05) is 6.92 Å². The van der Waals surface area contributed by atoms with Gasteiger partial charge in [0.2, 0.25) is 15.9 Å². The van der Waals surface area contributed by atoms with Gasteiger partial charge in [-0.3, -0.25) is 4.79 Å². The molecule has 2 fully saturated rings. The van der Waals surface area contributed by atoms with Crippen molar-refractivity contribution in [2.75, 3.05) is 19.6 Å². The van der Waals surface area contributed by atoms with Crippen molar-refractivity contribution in [1.82, 2.24) is 19.3 Å². The topological polar surface area (TPSA) is 96.6 Å². The van der Waals surface area contributed by atoms with Crippen LogP contribution in [0.25, 0.3) is 0 Å². The summed E-state index contributed by atoms with van der Waals surface area (Å²) >= 11 is 0. The number of carbonyl (C=O) groups is 1. The zero-order valence-electron chi connectivity index (χ0n) is 17.5. The fourth-order valence-corrected chi connectivity index (χ4v) is 6.12. The summed E-state index contributed by atoms with van der Waals surface area (Å²) in [5, 5.41) is 3.85. The number of aromatic nitrogens is 2. The second kappa shape index (κ2) is 8.47. The van der Waals surface area contributed by atoms with Crippen molar-refractivity contribution in [3.63, 3.8) is 0 Å². The number of aryl methyl sites for hydroxylation is 1. The Labute approximate surface area is 177 Å². The van der Waals surface area contributed by atoms with Crippen LogP contribution in [0.3, 0.4) is 0 Å². The minimum atomic E-state index is -3.62. The number of piperidine rings is 2. The Kier molecular flexibility index (Phi) is 5.92. The third-order valence-electron chi connectivity index (χ3n) is 6.03. The van der Waals surface area contributed by atoms with E-state index < -0.39 is 10.0 Å². The summed E-state index contributed by atoms with van der Waals surface area (Å²) < 4.78 is 33.2. The van der Waals surface area contributed by atoms with E-state index in [2.05, 4.69) is 10.1 Å². The van der Waals surface area contributed by atoms with Gasteiger partial charge < -0.3 is 9.42 Å². The first-order chi connectivity index (χ1) is 14.4. The van der Waals surface area contributed by atoms with Gasteiger partial charge in [-0.2, -0.15) is 9.29 Å². The van der Waals surface area contributed by atoms with E-state index in [9.17, 15) is 13.2 Å². The molecular formula is C21H28N4O4S. The van der Waals surface area contributed by atoms with Crippen LogP contribution in [0.2, 0.25) is 0 Å². The Morgan fingerprint density at radius 2 is 2.00 bits per heavy atom. The van der Waals surface area contributed by atoms with Crippen LogP contribution in [0.4, 0.5) is 0 Å². The van der Waals surface area contributed by atoms with Crippen molar-refractivity contribution in [2.24, 2.45) is 0 Å². The zero-order valence-corrected chi connectivity index (χ0v) is 18.3. The van der Waals surface area contributed by atoms with Crippen LogP contribution in [0, 0.1) is 6.92 Å². The number of rotatable bonds is 4. The van der Waals surface area contributed by atoms with Crippen LogP contribution in [-0.2, 0) is 10.0 Å². The Balaban J connectivity index is 1.53. The van der Waals surface area contributed by atoms with Crippen LogP contribution in [-0.4, -0.2) is 59.3 Å². The van der Waals surface area contributed by atoms with Crippen molar-refractivity contribution in [3.05, 3.63) is 41.5 Å². The van der Waals surface area contributed by atoms with E-state index in [0.29, 0.717) is 36.9 Å². The van der Waals surface area contributed by atoms with E-state index in [0.717, 1.165) is 32.1 Å². The molecule has 1 amide bonds. The van der Waals surface area contributed by atoms with Crippen LogP contribution in [0.15, 0.2) is 33.7 Å². The number of amides is 1. The molecule has 30 heavy (non-hydrogen) atoms. The predicted molar refractivity (Wildman–Crippen MR) is 111 cm³/mol. The lowest BCUT2D eigenvalue weighted by molar-refractivity contribution is 0.0695. The smallest absolute Gasteiger partial charge is 0.253 e. The zero-order chi connectivity index (χ0) is 21.3. The molecule has 8 nitrogen and oxygen atoms in total. The third-order valence-corrected chi connectivity index (χ3v) is 8.04. The van der Waals surface area contributed by atoms with E-state index in [1.54, 1.807) is 34.3 Å². The third kappa shape index (κ3) is 4.13. The highest BCUT2D eigenvalue weighted by Gasteiger charge is 2.32. The van der Waals surface area contributed by atoms with Gasteiger partial charge in [0, 0.05) is 31.2 Å². The Bertz CT molecular complexity index is 1020. The average molecular weight is 433 g/mol. The second-order valence-electron chi connectivity index (χ2n) is 8.26. The standard InChI is InChI=1S/C21H28N4O4S/c1-15-7-3-4-12-25(15)30(27,28)19-10-5-8-17(13-19)21(26)24-11-6-9-18(14-24)20-22-16(2)23-29-20/h5,8,10,13,15,18H,3-4,6-7,9,11-12,14H2,1-2H3. The predicted octanol–water partition coefficient (Wildman–Crippen LogP) is 2.96. The van der Waals surface area contributed by atoms with Gasteiger partial charge in [-0.1, -0.05) is 17.6 Å². The molecule has 0 aliphatic carbocycles. The molecule has 2 unspecified atom stereocenters. The van der Waals surface area contributed by atoms with Crippen molar-refractivity contribution >= 4 is 15.9 Å². The molecule has 0 saturated carbocycles. The lowest BCUT2D eigenvalue weighted by Gasteiger charge is -2.33. The lowest BCUT2D eigenvalue weighted by Crippen LogP contribution is -2.42. The quantitative estimate of drug-likeness (QED) is 0.737. The maximum atomic E-state index is 13.2.